The van der Waals surface area contributed by atoms with Gasteiger partial charge in [0.1, 0.15) is 5.75 Å². The van der Waals surface area contributed by atoms with E-state index in [1.807, 2.05) is 35.9 Å². The zero-order valence-corrected chi connectivity index (χ0v) is 11.5. The molecule has 0 fully saturated rings. The number of nitrogen functional groups attached to an aromatic ring is 1. The third kappa shape index (κ3) is 3.24. The van der Waals surface area contributed by atoms with Gasteiger partial charge >= 0.3 is 0 Å². The fourth-order valence-electron chi connectivity index (χ4n) is 2.00. The maximum absolute atomic E-state index is 5.83. The van der Waals surface area contributed by atoms with Gasteiger partial charge in [0.05, 0.1) is 18.8 Å². The van der Waals surface area contributed by atoms with Gasteiger partial charge in [-0.05, 0) is 31.0 Å². The van der Waals surface area contributed by atoms with Crippen LogP contribution in [0.3, 0.4) is 0 Å². The number of hydrogen-bond donors (Lipinski definition) is 1. The second-order valence-corrected chi connectivity index (χ2v) is 4.41. The van der Waals surface area contributed by atoms with Crippen LogP contribution in [-0.2, 0) is 13.0 Å². The van der Waals surface area contributed by atoms with Crippen LogP contribution in [-0.4, -0.2) is 21.6 Å². The van der Waals surface area contributed by atoms with Gasteiger partial charge in [-0.1, -0.05) is 30.7 Å². The number of ether oxygens (including phenoxy) is 1. The van der Waals surface area contributed by atoms with Crippen LogP contribution < -0.4 is 10.5 Å². The van der Waals surface area contributed by atoms with Gasteiger partial charge in [-0.3, -0.25) is 0 Å². The SMILES string of the molecule is CCCc1c(N)nnn1Cc1ccc(OCC)cc1. The van der Waals surface area contributed by atoms with Crippen LogP contribution in [0, 0.1) is 0 Å². The summed E-state index contributed by atoms with van der Waals surface area (Å²) in [4.78, 5) is 0. The van der Waals surface area contributed by atoms with Crippen molar-refractivity contribution in [1.82, 2.24) is 15.0 Å². The summed E-state index contributed by atoms with van der Waals surface area (Å²) in [5, 5.41) is 8.04. The number of rotatable bonds is 6. The molecule has 5 heteroatoms. The summed E-state index contributed by atoms with van der Waals surface area (Å²) >= 11 is 0. The molecule has 0 radical (unpaired) electrons. The lowest BCUT2D eigenvalue weighted by molar-refractivity contribution is 0.340. The van der Waals surface area contributed by atoms with E-state index < -0.39 is 0 Å². The minimum atomic E-state index is 0.535. The molecule has 19 heavy (non-hydrogen) atoms. The summed E-state index contributed by atoms with van der Waals surface area (Å²) in [5.41, 5.74) is 8.00. The zero-order chi connectivity index (χ0) is 13.7. The molecule has 0 spiro atoms. The Morgan fingerprint density at radius 3 is 2.58 bits per heavy atom. The Morgan fingerprint density at radius 2 is 1.95 bits per heavy atom. The Balaban J connectivity index is 2.12. The molecular weight excluding hydrogens is 240 g/mol. The monoisotopic (exact) mass is 260 g/mol. The molecule has 2 rings (SSSR count). The van der Waals surface area contributed by atoms with Crippen LogP contribution in [0.4, 0.5) is 5.82 Å². The fraction of sp³-hybridized carbons (Fsp3) is 0.429. The summed E-state index contributed by atoms with van der Waals surface area (Å²) < 4.78 is 7.29. The van der Waals surface area contributed by atoms with Crippen molar-refractivity contribution in [2.24, 2.45) is 0 Å². The molecule has 0 atom stereocenters. The minimum Gasteiger partial charge on any atom is -0.494 e. The first-order chi connectivity index (χ1) is 9.24. The number of anilines is 1. The number of nitrogens with two attached hydrogens (primary N) is 1. The lowest BCUT2D eigenvalue weighted by Gasteiger charge is -2.07. The molecule has 1 heterocycles. The highest BCUT2D eigenvalue weighted by molar-refractivity contribution is 5.34. The third-order valence-corrected chi connectivity index (χ3v) is 2.92. The van der Waals surface area contributed by atoms with Crippen molar-refractivity contribution in [3.8, 4) is 5.75 Å². The summed E-state index contributed by atoms with van der Waals surface area (Å²) in [6.45, 7) is 5.46. The van der Waals surface area contributed by atoms with Crippen LogP contribution in [0.2, 0.25) is 0 Å². The van der Waals surface area contributed by atoms with Gasteiger partial charge < -0.3 is 10.5 Å². The predicted molar refractivity (Wildman–Crippen MR) is 75.1 cm³/mol. The van der Waals surface area contributed by atoms with Gasteiger partial charge in [-0.15, -0.1) is 5.10 Å². The van der Waals surface area contributed by atoms with Crippen molar-refractivity contribution >= 4 is 5.82 Å². The second-order valence-electron chi connectivity index (χ2n) is 4.41. The van der Waals surface area contributed by atoms with Gasteiger partial charge in [-0.25, -0.2) is 4.68 Å². The van der Waals surface area contributed by atoms with Crippen molar-refractivity contribution in [2.75, 3.05) is 12.3 Å². The Bertz CT molecular complexity index is 519. The molecule has 2 aromatic rings. The topological polar surface area (TPSA) is 66.0 Å². The molecule has 1 aromatic carbocycles. The Hall–Kier alpha value is -2.04. The maximum atomic E-state index is 5.83. The molecule has 0 aliphatic rings. The molecule has 0 aliphatic heterocycles. The van der Waals surface area contributed by atoms with Crippen molar-refractivity contribution in [1.29, 1.82) is 0 Å². The van der Waals surface area contributed by atoms with E-state index in [1.54, 1.807) is 0 Å². The first-order valence-electron chi connectivity index (χ1n) is 6.64. The molecule has 0 unspecified atom stereocenters. The minimum absolute atomic E-state index is 0.535. The fourth-order valence-corrected chi connectivity index (χ4v) is 2.00. The molecule has 0 saturated heterocycles. The third-order valence-electron chi connectivity index (χ3n) is 2.92. The number of nitrogens with zero attached hydrogens (tertiary/aromatic N) is 3. The lowest BCUT2D eigenvalue weighted by Crippen LogP contribution is -2.07. The number of benzene rings is 1. The van der Waals surface area contributed by atoms with Gasteiger partial charge in [-0.2, -0.15) is 0 Å². The lowest BCUT2D eigenvalue weighted by atomic mass is 10.2. The van der Waals surface area contributed by atoms with Crippen LogP contribution in [0.25, 0.3) is 0 Å². The van der Waals surface area contributed by atoms with Crippen molar-refractivity contribution in [3.63, 3.8) is 0 Å². The van der Waals surface area contributed by atoms with E-state index >= 15 is 0 Å². The van der Waals surface area contributed by atoms with E-state index in [-0.39, 0.29) is 0 Å². The van der Waals surface area contributed by atoms with Gasteiger partial charge in [0.2, 0.25) is 0 Å². The Kier molecular flexibility index (Phi) is 4.39. The predicted octanol–water partition coefficient (Wildman–Crippen LogP) is 2.26. The smallest absolute Gasteiger partial charge is 0.169 e. The molecule has 102 valence electrons. The van der Waals surface area contributed by atoms with E-state index in [0.29, 0.717) is 19.0 Å². The van der Waals surface area contributed by atoms with Crippen LogP contribution in [0.5, 0.6) is 5.75 Å². The highest BCUT2D eigenvalue weighted by Crippen LogP contribution is 2.15. The standard InChI is InChI=1S/C14H20N4O/c1-3-5-13-14(15)16-17-18(13)10-11-6-8-12(9-7-11)19-4-2/h6-9H,3-5,10,15H2,1-2H3. The maximum Gasteiger partial charge on any atom is 0.169 e. The van der Waals surface area contributed by atoms with E-state index in [9.17, 15) is 0 Å². The van der Waals surface area contributed by atoms with Crippen molar-refractivity contribution < 1.29 is 4.74 Å². The summed E-state index contributed by atoms with van der Waals surface area (Å²) in [5.74, 6) is 1.42. The largest absolute Gasteiger partial charge is 0.494 e. The number of hydrogen-bond acceptors (Lipinski definition) is 4. The Labute approximate surface area is 113 Å². The molecule has 0 bridgehead atoms. The van der Waals surface area contributed by atoms with Crippen molar-refractivity contribution in [3.05, 3.63) is 35.5 Å². The van der Waals surface area contributed by atoms with E-state index in [1.165, 1.54) is 0 Å². The average molecular weight is 260 g/mol. The van der Waals surface area contributed by atoms with Crippen molar-refractivity contribution in [2.45, 2.75) is 33.2 Å². The summed E-state index contributed by atoms with van der Waals surface area (Å²) in [7, 11) is 0. The highest BCUT2D eigenvalue weighted by atomic mass is 16.5. The second kappa shape index (κ2) is 6.22. The van der Waals surface area contributed by atoms with E-state index in [4.69, 9.17) is 10.5 Å². The van der Waals surface area contributed by atoms with E-state index in [2.05, 4.69) is 17.2 Å². The quantitative estimate of drug-likeness (QED) is 0.865. The molecule has 0 saturated carbocycles. The molecule has 2 N–H and O–H groups in total. The number of aromatic nitrogens is 3. The normalized spacial score (nSPS) is 10.6. The Morgan fingerprint density at radius 1 is 1.21 bits per heavy atom. The van der Waals surface area contributed by atoms with Crippen LogP contribution in [0.15, 0.2) is 24.3 Å². The van der Waals surface area contributed by atoms with Crippen LogP contribution in [0.1, 0.15) is 31.5 Å². The van der Waals surface area contributed by atoms with Gasteiger partial charge in [0.25, 0.3) is 0 Å². The average Bonchev–Trinajstić information content (AvgIpc) is 2.75. The molecule has 0 amide bonds. The van der Waals surface area contributed by atoms with Gasteiger partial charge in [0.15, 0.2) is 5.82 Å². The summed E-state index contributed by atoms with van der Waals surface area (Å²) in [6.07, 6.45) is 1.93. The molecule has 5 nitrogen and oxygen atoms in total. The summed E-state index contributed by atoms with van der Waals surface area (Å²) in [6, 6.07) is 8.02. The first kappa shape index (κ1) is 13.4. The zero-order valence-electron chi connectivity index (χ0n) is 11.5. The van der Waals surface area contributed by atoms with Crippen LogP contribution >= 0.6 is 0 Å². The molecule has 0 aliphatic carbocycles. The first-order valence-corrected chi connectivity index (χ1v) is 6.64. The highest BCUT2D eigenvalue weighted by Gasteiger charge is 2.09. The van der Waals surface area contributed by atoms with E-state index in [0.717, 1.165) is 29.8 Å². The van der Waals surface area contributed by atoms with Gasteiger partial charge in [0, 0.05) is 0 Å². The molecule has 1 aromatic heterocycles. The molecular formula is C14H20N4O.